The maximum atomic E-state index is 15.7. The minimum atomic E-state index is -0.954. The fourth-order valence-corrected chi connectivity index (χ4v) is 4.44. The molecule has 1 aromatic heterocycles. The van der Waals surface area contributed by atoms with Gasteiger partial charge < -0.3 is 24.9 Å². The second-order valence-electron chi connectivity index (χ2n) is 8.22. The van der Waals surface area contributed by atoms with E-state index in [9.17, 15) is 9.90 Å². The van der Waals surface area contributed by atoms with Crippen LogP contribution < -0.4 is 15.4 Å². The Morgan fingerprint density at radius 1 is 1.21 bits per heavy atom. The topological polar surface area (TPSA) is 88.9 Å². The molecule has 0 aliphatic carbocycles. The summed E-state index contributed by atoms with van der Waals surface area (Å²) in [6.07, 6.45) is 0.666. The number of fused-ring (bicyclic) bond motifs is 2. The molecule has 0 radical (unpaired) electrons. The molecule has 4 aromatic rings. The maximum absolute atomic E-state index is 15.7. The van der Waals surface area contributed by atoms with E-state index in [0.717, 1.165) is 22.4 Å². The first kappa shape index (κ1) is 21.0. The van der Waals surface area contributed by atoms with Gasteiger partial charge in [-0.25, -0.2) is 4.39 Å². The van der Waals surface area contributed by atoms with E-state index in [2.05, 4.69) is 0 Å². The van der Waals surface area contributed by atoms with Gasteiger partial charge in [0, 0.05) is 30.3 Å². The van der Waals surface area contributed by atoms with Crippen molar-refractivity contribution in [2.45, 2.75) is 19.1 Å². The highest BCUT2D eigenvalue weighted by Gasteiger charge is 2.31. The smallest absolute Gasteiger partial charge is 0.307 e. The molecule has 0 saturated heterocycles. The first-order valence-corrected chi connectivity index (χ1v) is 10.7. The number of nitrogens with zero attached hydrogens (tertiary/aromatic N) is 1. The summed E-state index contributed by atoms with van der Waals surface area (Å²) in [7, 11) is 1.89. The van der Waals surface area contributed by atoms with Crippen molar-refractivity contribution in [2.75, 3.05) is 18.5 Å². The van der Waals surface area contributed by atoms with Crippen LogP contribution in [0.1, 0.15) is 22.8 Å². The molecule has 0 unspecified atom stereocenters. The van der Waals surface area contributed by atoms with Crippen molar-refractivity contribution in [3.8, 4) is 16.9 Å². The number of furan rings is 1. The monoisotopic (exact) mass is 446 g/mol. The average molecular weight is 446 g/mol. The average Bonchev–Trinajstić information content (AvgIpc) is 3.30. The summed E-state index contributed by atoms with van der Waals surface area (Å²) in [5, 5.41) is 9.68. The Kier molecular flexibility index (Phi) is 5.26. The van der Waals surface area contributed by atoms with E-state index in [-0.39, 0.29) is 6.42 Å². The van der Waals surface area contributed by atoms with Crippen molar-refractivity contribution in [1.82, 2.24) is 0 Å². The fraction of sp³-hybridized carbons (Fsp3) is 0.192. The van der Waals surface area contributed by atoms with Gasteiger partial charge in [-0.15, -0.1) is 0 Å². The van der Waals surface area contributed by atoms with Gasteiger partial charge in [0.15, 0.2) is 0 Å². The minimum Gasteiger partial charge on any atom is -0.481 e. The van der Waals surface area contributed by atoms with Crippen LogP contribution in [0.15, 0.2) is 65.3 Å². The maximum Gasteiger partial charge on any atom is 0.307 e. The van der Waals surface area contributed by atoms with E-state index in [1.54, 1.807) is 24.3 Å². The number of rotatable bonds is 5. The zero-order chi connectivity index (χ0) is 23.1. The van der Waals surface area contributed by atoms with Crippen LogP contribution in [0.3, 0.4) is 0 Å². The number of para-hydroxylation sites is 1. The van der Waals surface area contributed by atoms with E-state index in [1.165, 1.54) is 6.26 Å². The van der Waals surface area contributed by atoms with Crippen LogP contribution in [0.25, 0.3) is 22.1 Å². The second-order valence-corrected chi connectivity index (χ2v) is 8.22. The Balaban J connectivity index is 1.64. The Labute approximate surface area is 190 Å². The number of carboxylic acid groups (broad SMARTS) is 1. The Hall–Kier alpha value is -3.84. The molecule has 0 fully saturated rings. The van der Waals surface area contributed by atoms with Gasteiger partial charge in [0.2, 0.25) is 0 Å². The molecule has 3 N–H and O–H groups in total. The van der Waals surface area contributed by atoms with Gasteiger partial charge in [-0.1, -0.05) is 30.3 Å². The van der Waals surface area contributed by atoms with Crippen LogP contribution in [-0.2, 0) is 17.8 Å². The van der Waals surface area contributed by atoms with Crippen molar-refractivity contribution in [2.24, 2.45) is 5.73 Å². The quantitative estimate of drug-likeness (QED) is 0.454. The van der Waals surface area contributed by atoms with E-state index in [4.69, 9.17) is 14.9 Å². The largest absolute Gasteiger partial charge is 0.481 e. The molecule has 7 heteroatoms. The van der Waals surface area contributed by atoms with Crippen molar-refractivity contribution < 1.29 is 23.4 Å². The van der Waals surface area contributed by atoms with Gasteiger partial charge in [0.1, 0.15) is 23.3 Å². The van der Waals surface area contributed by atoms with E-state index in [0.29, 0.717) is 40.9 Å². The van der Waals surface area contributed by atoms with Crippen LogP contribution in [0.4, 0.5) is 10.1 Å². The summed E-state index contributed by atoms with van der Waals surface area (Å²) in [5.41, 5.74) is 10.6. The number of halogens is 1. The lowest BCUT2D eigenvalue weighted by Crippen LogP contribution is -2.33. The van der Waals surface area contributed by atoms with E-state index in [1.807, 2.05) is 42.3 Å². The number of hydrogen-bond acceptors (Lipinski definition) is 5. The predicted octanol–water partition coefficient (Wildman–Crippen LogP) is 4.89. The number of aliphatic carboxylic acids is 1. The first-order chi connectivity index (χ1) is 16.0. The van der Waals surface area contributed by atoms with Gasteiger partial charge >= 0.3 is 5.97 Å². The number of anilines is 1. The summed E-state index contributed by atoms with van der Waals surface area (Å²) >= 11 is 0. The fourth-order valence-electron chi connectivity index (χ4n) is 4.44. The Bertz CT molecular complexity index is 1360. The molecule has 2 heterocycles. The molecule has 5 rings (SSSR count). The van der Waals surface area contributed by atoms with Crippen molar-refractivity contribution >= 4 is 22.6 Å². The van der Waals surface area contributed by atoms with Crippen LogP contribution in [0.5, 0.6) is 5.75 Å². The molecule has 1 atom stereocenters. The van der Waals surface area contributed by atoms with Gasteiger partial charge in [-0.05, 0) is 35.4 Å². The molecule has 33 heavy (non-hydrogen) atoms. The molecule has 0 bridgehead atoms. The molecule has 0 amide bonds. The standard InChI is InChI=1S/C26H23FN2O4/c1-29-14-22(33-25-17(11-23(30)31)6-3-7-21(25)29)20-12-19(16-5-2-4-15(10-16)13-28)26-18(24(20)27)8-9-32-26/h2-10,12,22H,11,13-14,28H2,1H3,(H,30,31)/t22-/m1/s1. The first-order valence-electron chi connectivity index (χ1n) is 10.7. The summed E-state index contributed by atoms with van der Waals surface area (Å²) in [5.74, 6) is -0.892. The summed E-state index contributed by atoms with van der Waals surface area (Å²) in [6, 6.07) is 16.5. The number of benzene rings is 3. The van der Waals surface area contributed by atoms with Crippen molar-refractivity contribution in [3.05, 3.63) is 83.4 Å². The number of carbonyl (C=O) groups is 1. The minimum absolute atomic E-state index is 0.176. The predicted molar refractivity (Wildman–Crippen MR) is 124 cm³/mol. The normalized spacial score (nSPS) is 15.4. The van der Waals surface area contributed by atoms with Gasteiger partial charge in [-0.2, -0.15) is 0 Å². The molecule has 0 saturated carbocycles. The molecular weight excluding hydrogens is 423 g/mol. The van der Waals surface area contributed by atoms with Gasteiger partial charge in [-0.3, -0.25) is 4.79 Å². The number of nitrogens with two attached hydrogens (primary N) is 1. The van der Waals surface area contributed by atoms with Crippen molar-refractivity contribution in [1.29, 1.82) is 0 Å². The molecular formula is C26H23FN2O4. The number of hydrogen-bond donors (Lipinski definition) is 2. The zero-order valence-electron chi connectivity index (χ0n) is 18.0. The highest BCUT2D eigenvalue weighted by atomic mass is 19.1. The van der Waals surface area contributed by atoms with Gasteiger partial charge in [0.25, 0.3) is 0 Å². The van der Waals surface area contributed by atoms with E-state index >= 15 is 4.39 Å². The number of carboxylic acids is 1. The third kappa shape index (κ3) is 3.70. The molecule has 0 spiro atoms. The molecule has 3 aromatic carbocycles. The van der Waals surface area contributed by atoms with Crippen LogP contribution >= 0.6 is 0 Å². The van der Waals surface area contributed by atoms with Crippen molar-refractivity contribution in [3.63, 3.8) is 0 Å². The van der Waals surface area contributed by atoms with E-state index < -0.39 is 17.9 Å². The van der Waals surface area contributed by atoms with Crippen LogP contribution in [-0.4, -0.2) is 24.7 Å². The lowest BCUT2D eigenvalue weighted by molar-refractivity contribution is -0.136. The summed E-state index contributed by atoms with van der Waals surface area (Å²) in [4.78, 5) is 13.3. The second kappa shape index (κ2) is 8.26. The van der Waals surface area contributed by atoms with Crippen LogP contribution in [0.2, 0.25) is 0 Å². The molecule has 1 aliphatic heterocycles. The summed E-state index contributed by atoms with van der Waals surface area (Å²) in [6.45, 7) is 0.801. The summed E-state index contributed by atoms with van der Waals surface area (Å²) < 4.78 is 27.6. The molecule has 1 aliphatic rings. The molecule has 168 valence electrons. The lowest BCUT2D eigenvalue weighted by Gasteiger charge is -2.35. The third-order valence-electron chi connectivity index (χ3n) is 6.05. The molecule has 6 nitrogen and oxygen atoms in total. The Morgan fingerprint density at radius 3 is 2.82 bits per heavy atom. The Morgan fingerprint density at radius 2 is 2.03 bits per heavy atom. The third-order valence-corrected chi connectivity index (χ3v) is 6.05. The SMILES string of the molecule is CN1C[C@H](c2cc(-c3cccc(CN)c3)c3occc3c2F)Oc2c(CC(=O)O)cccc21. The number of ether oxygens (including phenoxy) is 1. The van der Waals surface area contributed by atoms with Crippen LogP contribution in [0, 0.1) is 5.82 Å². The number of likely N-dealkylation sites (N-methyl/N-ethyl adjacent to an activating group) is 1. The lowest BCUT2D eigenvalue weighted by atomic mass is 9.95. The highest BCUT2D eigenvalue weighted by Crippen LogP contribution is 2.43. The highest BCUT2D eigenvalue weighted by molar-refractivity contribution is 5.94. The van der Waals surface area contributed by atoms with Gasteiger partial charge in [0.05, 0.1) is 30.3 Å². The zero-order valence-corrected chi connectivity index (χ0v) is 18.0.